The van der Waals surface area contributed by atoms with Crippen molar-refractivity contribution in [3.63, 3.8) is 0 Å². The van der Waals surface area contributed by atoms with E-state index < -0.39 is 0 Å². The molecular weight excluding hydrogens is 162 g/mol. The molecule has 66 valence electrons. The van der Waals surface area contributed by atoms with Gasteiger partial charge in [0.05, 0.1) is 12.6 Å². The van der Waals surface area contributed by atoms with Crippen LogP contribution in [0.15, 0.2) is 5.11 Å². The fourth-order valence-electron chi connectivity index (χ4n) is 1.44. The van der Waals surface area contributed by atoms with E-state index in [1.165, 1.54) is 0 Å². The second-order valence-electron chi connectivity index (χ2n) is 2.76. The number of rotatable bonds is 3. The molecule has 2 fully saturated rings. The number of methoxy groups -OCH3 is 1. The minimum atomic E-state index is -0.283. The van der Waals surface area contributed by atoms with E-state index in [4.69, 9.17) is 19.7 Å². The van der Waals surface area contributed by atoms with Crippen molar-refractivity contribution in [3.05, 3.63) is 10.4 Å². The highest BCUT2D eigenvalue weighted by atomic mass is 16.8. The van der Waals surface area contributed by atoms with Crippen molar-refractivity contribution >= 4 is 0 Å². The summed E-state index contributed by atoms with van der Waals surface area (Å²) in [5, 5.41) is 3.42. The maximum Gasteiger partial charge on any atom is 0.186 e. The minimum absolute atomic E-state index is 0.0499. The van der Waals surface area contributed by atoms with Crippen LogP contribution < -0.4 is 0 Å². The van der Waals surface area contributed by atoms with Crippen LogP contribution in [0.25, 0.3) is 10.4 Å². The molecule has 2 rings (SSSR count). The number of hydrogen-bond acceptors (Lipinski definition) is 4. The SMILES string of the molecule is CO[C@@H]1O[C@@H](CN=[N+]=[N-])[C@@H]2O[C@@H]12. The summed E-state index contributed by atoms with van der Waals surface area (Å²) in [4.78, 5) is 2.65. The summed E-state index contributed by atoms with van der Waals surface area (Å²) in [5.74, 6) is 0. The van der Waals surface area contributed by atoms with Gasteiger partial charge in [-0.2, -0.15) is 0 Å². The lowest BCUT2D eigenvalue weighted by atomic mass is 10.2. The first-order valence-corrected chi connectivity index (χ1v) is 3.71. The lowest BCUT2D eigenvalue weighted by Gasteiger charge is -2.13. The molecule has 0 unspecified atom stereocenters. The normalized spacial score (nSPS) is 43.4. The first-order chi connectivity index (χ1) is 5.86. The van der Waals surface area contributed by atoms with Gasteiger partial charge in [0.2, 0.25) is 0 Å². The van der Waals surface area contributed by atoms with E-state index in [0.717, 1.165) is 0 Å². The summed E-state index contributed by atoms with van der Waals surface area (Å²) < 4.78 is 15.6. The van der Waals surface area contributed by atoms with Crippen molar-refractivity contribution in [2.75, 3.05) is 13.7 Å². The average molecular weight is 171 g/mol. The fraction of sp³-hybridized carbons (Fsp3) is 1.00. The van der Waals surface area contributed by atoms with Crippen LogP contribution in [-0.2, 0) is 14.2 Å². The topological polar surface area (TPSA) is 79.8 Å². The molecule has 0 saturated carbocycles. The number of nitrogens with zero attached hydrogens (tertiary/aromatic N) is 3. The molecule has 0 aliphatic carbocycles. The lowest BCUT2D eigenvalue weighted by Crippen LogP contribution is -2.23. The molecule has 0 spiro atoms. The Morgan fingerprint density at radius 1 is 1.50 bits per heavy atom. The highest BCUT2D eigenvalue weighted by molar-refractivity contribution is 5.00. The van der Waals surface area contributed by atoms with Gasteiger partial charge in [0.25, 0.3) is 0 Å². The minimum Gasteiger partial charge on any atom is -0.361 e. The molecule has 2 aliphatic rings. The van der Waals surface area contributed by atoms with Gasteiger partial charge in [-0.1, -0.05) is 5.11 Å². The van der Waals surface area contributed by atoms with Crippen molar-refractivity contribution in [2.24, 2.45) is 5.11 Å². The van der Waals surface area contributed by atoms with Crippen molar-refractivity contribution in [1.82, 2.24) is 0 Å². The van der Waals surface area contributed by atoms with Gasteiger partial charge in [-0.3, -0.25) is 0 Å². The van der Waals surface area contributed by atoms with Gasteiger partial charge < -0.3 is 14.2 Å². The van der Waals surface area contributed by atoms with Crippen LogP contribution in [0, 0.1) is 0 Å². The van der Waals surface area contributed by atoms with Gasteiger partial charge in [0.15, 0.2) is 6.29 Å². The highest BCUT2D eigenvalue weighted by Gasteiger charge is 2.58. The number of fused-ring (bicyclic) bond motifs is 1. The van der Waals surface area contributed by atoms with E-state index in [0.29, 0.717) is 6.54 Å². The first kappa shape index (κ1) is 7.82. The zero-order valence-electron chi connectivity index (χ0n) is 6.58. The molecule has 4 atom stereocenters. The Labute approximate surface area is 69.0 Å². The maximum absolute atomic E-state index is 8.08. The van der Waals surface area contributed by atoms with Crippen LogP contribution in [0.5, 0.6) is 0 Å². The second kappa shape index (κ2) is 2.91. The largest absolute Gasteiger partial charge is 0.361 e. The molecule has 0 aromatic carbocycles. The van der Waals surface area contributed by atoms with Gasteiger partial charge in [-0.25, -0.2) is 0 Å². The van der Waals surface area contributed by atoms with Crippen LogP contribution in [0.4, 0.5) is 0 Å². The summed E-state index contributed by atoms with van der Waals surface area (Å²) in [7, 11) is 1.57. The Balaban J connectivity index is 1.90. The van der Waals surface area contributed by atoms with Crippen molar-refractivity contribution in [3.8, 4) is 0 Å². The smallest absolute Gasteiger partial charge is 0.186 e. The van der Waals surface area contributed by atoms with Crippen molar-refractivity contribution in [1.29, 1.82) is 0 Å². The zero-order chi connectivity index (χ0) is 8.55. The number of hydrogen-bond donors (Lipinski definition) is 0. The first-order valence-electron chi connectivity index (χ1n) is 3.71. The predicted molar refractivity (Wildman–Crippen MR) is 38.3 cm³/mol. The third kappa shape index (κ3) is 1.15. The molecule has 0 aromatic heterocycles. The molecule has 12 heavy (non-hydrogen) atoms. The van der Waals surface area contributed by atoms with E-state index in [9.17, 15) is 0 Å². The third-order valence-corrected chi connectivity index (χ3v) is 2.06. The summed E-state index contributed by atoms with van der Waals surface area (Å²) >= 11 is 0. The Kier molecular flexibility index (Phi) is 1.90. The summed E-state index contributed by atoms with van der Waals surface area (Å²) in [5.41, 5.74) is 8.08. The van der Waals surface area contributed by atoms with Crippen molar-refractivity contribution < 1.29 is 14.2 Å². The standard InChI is InChI=1S/C6H9N3O3/c1-10-6-5-4(12-5)3(11-6)2-8-9-7/h3-6H,2H2,1H3/t3-,4-,5+,6+/m0/s1. The molecule has 2 saturated heterocycles. The third-order valence-electron chi connectivity index (χ3n) is 2.06. The molecule has 0 radical (unpaired) electrons. The average Bonchev–Trinajstić information content (AvgIpc) is 2.80. The van der Waals surface area contributed by atoms with Gasteiger partial charge in [-0.05, 0) is 5.53 Å². The van der Waals surface area contributed by atoms with Gasteiger partial charge >= 0.3 is 0 Å². The Hall–Kier alpha value is -0.810. The van der Waals surface area contributed by atoms with Gasteiger partial charge in [0.1, 0.15) is 12.2 Å². The Morgan fingerprint density at radius 3 is 2.92 bits per heavy atom. The van der Waals surface area contributed by atoms with Gasteiger partial charge in [0, 0.05) is 12.0 Å². The zero-order valence-corrected chi connectivity index (χ0v) is 6.58. The molecular formula is C6H9N3O3. The number of ether oxygens (including phenoxy) is 3. The van der Waals surface area contributed by atoms with Crippen LogP contribution >= 0.6 is 0 Å². The Bertz CT molecular complexity index is 228. The molecule has 0 amide bonds. The van der Waals surface area contributed by atoms with E-state index >= 15 is 0 Å². The van der Waals surface area contributed by atoms with Crippen LogP contribution in [0.1, 0.15) is 0 Å². The summed E-state index contributed by atoms with van der Waals surface area (Å²) in [6.45, 7) is 0.317. The number of azide groups is 1. The number of epoxide rings is 1. The molecule has 2 aliphatic heterocycles. The summed E-state index contributed by atoms with van der Waals surface area (Å²) in [6.07, 6.45) is -0.293. The molecule has 6 nitrogen and oxygen atoms in total. The molecule has 0 bridgehead atoms. The quantitative estimate of drug-likeness (QED) is 0.267. The molecule has 0 aromatic rings. The molecule has 6 heteroatoms. The highest BCUT2D eigenvalue weighted by Crippen LogP contribution is 2.39. The van der Waals surface area contributed by atoms with E-state index in [1.807, 2.05) is 0 Å². The summed E-state index contributed by atoms with van der Waals surface area (Å²) in [6, 6.07) is 0. The monoisotopic (exact) mass is 171 g/mol. The molecule has 0 N–H and O–H groups in total. The van der Waals surface area contributed by atoms with Crippen molar-refractivity contribution in [2.45, 2.75) is 24.6 Å². The second-order valence-corrected chi connectivity index (χ2v) is 2.76. The van der Waals surface area contributed by atoms with E-state index in [2.05, 4.69) is 10.0 Å². The predicted octanol–water partition coefficient (Wildman–Crippen LogP) is 0.435. The van der Waals surface area contributed by atoms with Crippen LogP contribution in [0.3, 0.4) is 0 Å². The van der Waals surface area contributed by atoms with E-state index in [1.54, 1.807) is 7.11 Å². The maximum atomic E-state index is 8.08. The fourth-order valence-corrected chi connectivity index (χ4v) is 1.44. The van der Waals surface area contributed by atoms with Gasteiger partial charge in [-0.15, -0.1) is 0 Å². The Morgan fingerprint density at radius 2 is 2.33 bits per heavy atom. The van der Waals surface area contributed by atoms with E-state index in [-0.39, 0.29) is 24.6 Å². The lowest BCUT2D eigenvalue weighted by molar-refractivity contribution is -0.155. The van der Waals surface area contributed by atoms with Crippen LogP contribution in [0.2, 0.25) is 0 Å². The molecule has 2 heterocycles. The van der Waals surface area contributed by atoms with Crippen LogP contribution in [-0.4, -0.2) is 38.3 Å².